The summed E-state index contributed by atoms with van der Waals surface area (Å²) in [7, 11) is 0. The molecule has 0 aromatic rings. The van der Waals surface area contributed by atoms with E-state index in [0.717, 1.165) is 18.3 Å². The molecule has 3 heterocycles. The highest BCUT2D eigenvalue weighted by molar-refractivity contribution is 6.43. The first-order chi connectivity index (χ1) is 8.72. The maximum Gasteiger partial charge on any atom is 0.268 e. The van der Waals surface area contributed by atoms with E-state index in [9.17, 15) is 9.59 Å². The Bertz CT molecular complexity index is 461. The van der Waals surface area contributed by atoms with E-state index in [-0.39, 0.29) is 23.9 Å². The van der Waals surface area contributed by atoms with Crippen molar-refractivity contribution in [2.75, 3.05) is 6.54 Å². The first-order valence-electron chi connectivity index (χ1n) is 6.51. The molecule has 3 fully saturated rings. The van der Waals surface area contributed by atoms with Gasteiger partial charge in [0.15, 0.2) is 0 Å². The zero-order valence-corrected chi connectivity index (χ0v) is 9.89. The fourth-order valence-corrected chi connectivity index (χ4v) is 3.59. The van der Waals surface area contributed by atoms with E-state index >= 15 is 0 Å². The molecule has 0 aromatic carbocycles. The van der Waals surface area contributed by atoms with Crippen LogP contribution < -0.4 is 10.7 Å². The molecule has 0 radical (unpaired) electrons. The summed E-state index contributed by atoms with van der Waals surface area (Å²) in [5.74, 6) is 1.54. The van der Waals surface area contributed by atoms with Gasteiger partial charge < -0.3 is 10.1 Å². The Balaban J connectivity index is 1.32. The molecular weight excluding hydrogens is 234 g/mol. The largest absolute Gasteiger partial charge is 0.374 e. The molecule has 4 aliphatic rings. The maximum atomic E-state index is 11.8. The van der Waals surface area contributed by atoms with Crippen LogP contribution in [0.3, 0.4) is 0 Å². The lowest BCUT2D eigenvalue weighted by molar-refractivity contribution is -0.120. The minimum atomic E-state index is -0.233. The van der Waals surface area contributed by atoms with E-state index in [0.29, 0.717) is 24.7 Å². The van der Waals surface area contributed by atoms with Gasteiger partial charge in [-0.05, 0) is 24.7 Å². The van der Waals surface area contributed by atoms with Crippen LogP contribution >= 0.6 is 0 Å². The van der Waals surface area contributed by atoms with Crippen molar-refractivity contribution in [2.45, 2.75) is 31.5 Å². The molecule has 18 heavy (non-hydrogen) atoms. The van der Waals surface area contributed by atoms with E-state index in [2.05, 4.69) is 15.8 Å². The van der Waals surface area contributed by atoms with Gasteiger partial charge in [-0.15, -0.1) is 0 Å². The minimum Gasteiger partial charge on any atom is -0.374 e. The Morgan fingerprint density at radius 3 is 3.00 bits per heavy atom. The highest BCUT2D eigenvalue weighted by Crippen LogP contribution is 2.60. The normalized spacial score (nSPS) is 43.4. The van der Waals surface area contributed by atoms with Gasteiger partial charge in [-0.3, -0.25) is 9.59 Å². The summed E-state index contributed by atoms with van der Waals surface area (Å²) in [6.45, 7) is 0.635. The fraction of sp³-hybridized carbons (Fsp3) is 0.750. The molecule has 6 heteroatoms. The van der Waals surface area contributed by atoms with E-state index in [1.54, 1.807) is 0 Å². The van der Waals surface area contributed by atoms with Crippen LogP contribution in [-0.2, 0) is 14.3 Å². The standard InChI is InChI=1S/C12H15N3O3/c16-10-3-8(14-15-10)12(17)13-4-5-1-9-6-2-7(6)11(5)18-9/h5-7,9,11H,1-4H2,(H,13,17)(H,15,16)/t5-,6+,7-,9-,11+/m0/s1. The number of carbonyl (C=O) groups excluding carboxylic acids is 2. The number of rotatable bonds is 3. The summed E-state index contributed by atoms with van der Waals surface area (Å²) in [6, 6.07) is 0. The summed E-state index contributed by atoms with van der Waals surface area (Å²) < 4.78 is 5.87. The molecule has 1 aliphatic carbocycles. The van der Waals surface area contributed by atoms with Crippen LogP contribution in [0.15, 0.2) is 5.10 Å². The first kappa shape index (κ1) is 10.5. The number of fused-ring (bicyclic) bond motifs is 5. The van der Waals surface area contributed by atoms with Gasteiger partial charge >= 0.3 is 0 Å². The maximum absolute atomic E-state index is 11.8. The summed E-state index contributed by atoms with van der Waals surface area (Å²) >= 11 is 0. The van der Waals surface area contributed by atoms with Crippen molar-refractivity contribution < 1.29 is 14.3 Å². The number of hydrazone groups is 1. The predicted molar refractivity (Wildman–Crippen MR) is 61.6 cm³/mol. The quantitative estimate of drug-likeness (QED) is 0.701. The molecule has 96 valence electrons. The van der Waals surface area contributed by atoms with Gasteiger partial charge in [-0.2, -0.15) is 5.10 Å². The number of amides is 2. The van der Waals surface area contributed by atoms with Gasteiger partial charge in [0.25, 0.3) is 5.91 Å². The van der Waals surface area contributed by atoms with Crippen molar-refractivity contribution in [3.05, 3.63) is 0 Å². The van der Waals surface area contributed by atoms with Crippen molar-refractivity contribution in [1.82, 2.24) is 10.7 Å². The highest BCUT2D eigenvalue weighted by atomic mass is 16.5. The molecule has 2 bridgehead atoms. The van der Waals surface area contributed by atoms with Gasteiger partial charge in [0.05, 0.1) is 18.6 Å². The third-order valence-corrected chi connectivity index (χ3v) is 4.55. The van der Waals surface area contributed by atoms with E-state index in [1.807, 2.05) is 0 Å². The number of hydrogen-bond acceptors (Lipinski definition) is 4. The average Bonchev–Trinajstić information content (AvgIpc) is 2.74. The molecule has 4 rings (SSSR count). The van der Waals surface area contributed by atoms with Crippen LogP contribution in [0.2, 0.25) is 0 Å². The first-order valence-corrected chi connectivity index (χ1v) is 6.51. The second kappa shape index (κ2) is 3.54. The van der Waals surface area contributed by atoms with Gasteiger partial charge in [-0.25, -0.2) is 5.43 Å². The minimum absolute atomic E-state index is 0.0871. The summed E-state index contributed by atoms with van der Waals surface area (Å²) in [6.07, 6.45) is 3.25. The van der Waals surface area contributed by atoms with Crippen LogP contribution in [-0.4, -0.2) is 36.3 Å². The molecule has 0 unspecified atom stereocenters. The number of ether oxygens (including phenoxy) is 1. The van der Waals surface area contributed by atoms with E-state index < -0.39 is 0 Å². The molecule has 0 spiro atoms. The van der Waals surface area contributed by atoms with Crippen molar-refractivity contribution in [3.63, 3.8) is 0 Å². The Hall–Kier alpha value is -1.43. The van der Waals surface area contributed by atoms with Crippen molar-refractivity contribution in [2.24, 2.45) is 22.9 Å². The smallest absolute Gasteiger partial charge is 0.268 e. The van der Waals surface area contributed by atoms with Crippen LogP contribution in [0, 0.1) is 17.8 Å². The van der Waals surface area contributed by atoms with Crippen molar-refractivity contribution >= 4 is 17.5 Å². The molecule has 0 aromatic heterocycles. The average molecular weight is 249 g/mol. The van der Waals surface area contributed by atoms with Crippen LogP contribution in [0.25, 0.3) is 0 Å². The second-order valence-electron chi connectivity index (χ2n) is 5.68. The molecule has 1 saturated carbocycles. The van der Waals surface area contributed by atoms with Crippen LogP contribution in [0.1, 0.15) is 19.3 Å². The summed E-state index contributed by atoms with van der Waals surface area (Å²) in [5.41, 5.74) is 2.57. The van der Waals surface area contributed by atoms with Gasteiger partial charge in [-0.1, -0.05) is 0 Å². The Labute approximate surface area is 104 Å². The number of hydrogen-bond donors (Lipinski definition) is 2. The van der Waals surface area contributed by atoms with Crippen LogP contribution in [0.5, 0.6) is 0 Å². The van der Waals surface area contributed by atoms with E-state index in [4.69, 9.17) is 4.74 Å². The fourth-order valence-electron chi connectivity index (χ4n) is 3.59. The van der Waals surface area contributed by atoms with Crippen LogP contribution in [0.4, 0.5) is 0 Å². The summed E-state index contributed by atoms with van der Waals surface area (Å²) in [5, 5.41) is 6.58. The third kappa shape index (κ3) is 1.48. The lowest BCUT2D eigenvalue weighted by atomic mass is 9.89. The molecule has 6 nitrogen and oxygen atoms in total. The summed E-state index contributed by atoms with van der Waals surface area (Å²) in [4.78, 5) is 22.7. The monoisotopic (exact) mass is 249 g/mol. The molecule has 3 aliphatic heterocycles. The zero-order chi connectivity index (χ0) is 12.3. The van der Waals surface area contributed by atoms with Crippen molar-refractivity contribution in [1.29, 1.82) is 0 Å². The molecular formula is C12H15N3O3. The number of nitrogens with zero attached hydrogens (tertiary/aromatic N) is 1. The van der Waals surface area contributed by atoms with Crippen molar-refractivity contribution in [3.8, 4) is 0 Å². The number of nitrogens with one attached hydrogen (secondary N) is 2. The molecule has 2 amide bonds. The highest BCUT2D eigenvalue weighted by Gasteiger charge is 2.62. The second-order valence-corrected chi connectivity index (χ2v) is 5.68. The lowest BCUT2D eigenvalue weighted by Crippen LogP contribution is -2.37. The molecule has 5 atom stereocenters. The lowest BCUT2D eigenvalue weighted by Gasteiger charge is -2.18. The zero-order valence-electron chi connectivity index (χ0n) is 9.89. The molecule has 2 saturated heterocycles. The van der Waals surface area contributed by atoms with E-state index in [1.165, 1.54) is 6.42 Å². The Morgan fingerprint density at radius 2 is 2.33 bits per heavy atom. The molecule has 2 N–H and O–H groups in total. The predicted octanol–water partition coefficient (Wildman–Crippen LogP) is -0.598. The van der Waals surface area contributed by atoms with Gasteiger partial charge in [0.2, 0.25) is 5.91 Å². The Morgan fingerprint density at radius 1 is 1.44 bits per heavy atom. The topological polar surface area (TPSA) is 79.8 Å². The third-order valence-electron chi connectivity index (χ3n) is 4.55. The van der Waals surface area contributed by atoms with Gasteiger partial charge in [0, 0.05) is 12.5 Å². The SMILES string of the molecule is O=C1CC(C(=O)NC[C@@H]2C[C@@H]3O[C@H]2[C@H]2C[C@H]23)=NN1. The number of carbonyl (C=O) groups is 2. The Kier molecular flexibility index (Phi) is 2.06. The van der Waals surface area contributed by atoms with Gasteiger partial charge in [0.1, 0.15) is 5.71 Å².